The number of carbonyl (C=O) groups excluding carboxylic acids is 1. The van der Waals surface area contributed by atoms with Crippen molar-refractivity contribution in [3.63, 3.8) is 0 Å². The number of carbonyl (C=O) groups is 1. The summed E-state index contributed by atoms with van der Waals surface area (Å²) in [5.41, 5.74) is 7.27. The number of rotatable bonds is 2. The summed E-state index contributed by atoms with van der Waals surface area (Å²) in [5.74, 6) is 0. The Hall–Kier alpha value is -2.81. The number of fused-ring (bicyclic) bond motifs is 1. The van der Waals surface area contributed by atoms with E-state index in [0.717, 1.165) is 5.70 Å². The molecular weight excluding hydrogens is 284 g/mol. The zero-order chi connectivity index (χ0) is 16.8. The number of nitrogens with one attached hydrogen (secondary N) is 1. The molecule has 0 radical (unpaired) electrons. The zero-order valence-corrected chi connectivity index (χ0v) is 13.8. The molecule has 0 atom stereocenters. The van der Waals surface area contributed by atoms with Gasteiger partial charge in [0.25, 0.3) is 0 Å². The summed E-state index contributed by atoms with van der Waals surface area (Å²) < 4.78 is 0. The van der Waals surface area contributed by atoms with Crippen LogP contribution in [0.25, 0.3) is 5.57 Å². The monoisotopic (exact) mass is 306 g/mol. The van der Waals surface area contributed by atoms with Crippen LogP contribution in [0, 0.1) is 6.92 Å². The summed E-state index contributed by atoms with van der Waals surface area (Å²) >= 11 is 0. The molecule has 3 rings (SSSR count). The van der Waals surface area contributed by atoms with Gasteiger partial charge in [0, 0.05) is 31.0 Å². The number of hydrogen-bond acceptors (Lipinski definition) is 2. The van der Waals surface area contributed by atoms with Crippen LogP contribution in [-0.4, -0.2) is 20.5 Å². The fourth-order valence-corrected chi connectivity index (χ4v) is 2.46. The highest BCUT2D eigenvalue weighted by molar-refractivity contribution is 5.91. The third-order valence-electron chi connectivity index (χ3n) is 3.78. The molecule has 0 unspecified atom stereocenters. The van der Waals surface area contributed by atoms with E-state index < -0.39 is 0 Å². The minimum absolute atomic E-state index is 0.625. The first-order valence-corrected chi connectivity index (χ1v) is 7.50. The number of allylic oxidation sites excluding steroid dienone is 1. The minimum Gasteiger partial charge on any atom is -0.362 e. The molecule has 0 bridgehead atoms. The maximum absolute atomic E-state index is 9.06. The Morgan fingerprint density at radius 1 is 1.09 bits per heavy atom. The van der Waals surface area contributed by atoms with Gasteiger partial charge in [-0.2, -0.15) is 0 Å². The highest BCUT2D eigenvalue weighted by atomic mass is 16.1. The molecule has 0 fully saturated rings. The predicted molar refractivity (Wildman–Crippen MR) is 97.4 cm³/mol. The van der Waals surface area contributed by atoms with Crippen LogP contribution in [0.15, 0.2) is 66.9 Å². The molecule has 2 aromatic rings. The molecule has 0 aliphatic carbocycles. The molecule has 2 aromatic carbocycles. The Morgan fingerprint density at radius 3 is 2.30 bits per heavy atom. The van der Waals surface area contributed by atoms with E-state index in [4.69, 9.17) is 4.79 Å². The standard InChI is InChI=1S/C18H17N.C2H5NO/c1-13-8-10-15(11-9-13)17-12-14(2)19(3)18-7-5-4-6-16(17)18;1-3-2-4/h4-12H,2H2,1,3H3;2H,1H3,(H,3,4). The highest BCUT2D eigenvalue weighted by Crippen LogP contribution is 2.37. The van der Waals surface area contributed by atoms with E-state index in [0.29, 0.717) is 6.41 Å². The van der Waals surface area contributed by atoms with E-state index >= 15 is 0 Å². The molecule has 1 N–H and O–H groups in total. The van der Waals surface area contributed by atoms with Crippen molar-refractivity contribution in [3.05, 3.63) is 83.6 Å². The van der Waals surface area contributed by atoms with Crippen LogP contribution in [-0.2, 0) is 4.79 Å². The van der Waals surface area contributed by atoms with Gasteiger partial charge < -0.3 is 10.2 Å². The molecule has 0 aromatic heterocycles. The van der Waals surface area contributed by atoms with E-state index in [1.807, 2.05) is 0 Å². The first-order valence-electron chi connectivity index (χ1n) is 7.50. The molecule has 0 spiro atoms. The summed E-state index contributed by atoms with van der Waals surface area (Å²) in [4.78, 5) is 11.2. The number of anilines is 1. The Kier molecular flexibility index (Phi) is 5.36. The van der Waals surface area contributed by atoms with E-state index in [1.54, 1.807) is 7.05 Å². The number of nitrogens with zero attached hydrogens (tertiary/aromatic N) is 1. The van der Waals surface area contributed by atoms with E-state index in [9.17, 15) is 0 Å². The van der Waals surface area contributed by atoms with Gasteiger partial charge in [0.1, 0.15) is 0 Å². The quantitative estimate of drug-likeness (QED) is 0.857. The fourth-order valence-electron chi connectivity index (χ4n) is 2.46. The largest absolute Gasteiger partial charge is 0.362 e. The summed E-state index contributed by atoms with van der Waals surface area (Å²) in [7, 11) is 3.62. The second kappa shape index (κ2) is 7.45. The molecule has 0 saturated carbocycles. The molecule has 1 heterocycles. The maximum atomic E-state index is 9.06. The van der Waals surface area contributed by atoms with Crippen LogP contribution < -0.4 is 10.2 Å². The van der Waals surface area contributed by atoms with Crippen molar-refractivity contribution in [1.82, 2.24) is 5.32 Å². The van der Waals surface area contributed by atoms with Crippen LogP contribution >= 0.6 is 0 Å². The van der Waals surface area contributed by atoms with E-state index in [-0.39, 0.29) is 0 Å². The van der Waals surface area contributed by atoms with Crippen LogP contribution in [0.5, 0.6) is 0 Å². The third kappa shape index (κ3) is 3.69. The zero-order valence-electron chi connectivity index (χ0n) is 13.8. The fraction of sp³-hybridized carbons (Fsp3) is 0.150. The summed E-state index contributed by atoms with van der Waals surface area (Å²) in [6, 6.07) is 17.1. The number of para-hydroxylation sites is 1. The molecule has 1 aliphatic heterocycles. The minimum atomic E-state index is 0.625. The van der Waals surface area contributed by atoms with Crippen molar-refractivity contribution in [2.45, 2.75) is 6.92 Å². The van der Waals surface area contributed by atoms with Crippen molar-refractivity contribution < 1.29 is 4.79 Å². The van der Waals surface area contributed by atoms with Crippen LogP contribution in [0.2, 0.25) is 0 Å². The lowest BCUT2D eigenvalue weighted by Crippen LogP contribution is -2.19. The number of amides is 1. The molecular formula is C20H22N2O. The Balaban J connectivity index is 0.000000433. The van der Waals surface area contributed by atoms with E-state index in [2.05, 4.69) is 85.4 Å². The summed E-state index contributed by atoms with van der Waals surface area (Å²) in [6.45, 7) is 6.25. The Labute approximate surface area is 138 Å². The Bertz CT molecular complexity index is 730. The molecule has 23 heavy (non-hydrogen) atoms. The number of hydrogen-bond donors (Lipinski definition) is 1. The third-order valence-corrected chi connectivity index (χ3v) is 3.78. The second-order valence-electron chi connectivity index (χ2n) is 5.40. The average molecular weight is 306 g/mol. The van der Waals surface area contributed by atoms with Gasteiger partial charge in [0.15, 0.2) is 0 Å². The molecule has 1 amide bonds. The van der Waals surface area contributed by atoms with Gasteiger partial charge in [0.05, 0.1) is 0 Å². The highest BCUT2D eigenvalue weighted by Gasteiger charge is 2.18. The van der Waals surface area contributed by atoms with Crippen LogP contribution in [0.4, 0.5) is 5.69 Å². The first-order chi connectivity index (χ1) is 11.1. The molecule has 3 heteroatoms. The molecule has 0 saturated heterocycles. The molecule has 3 nitrogen and oxygen atoms in total. The SMILES string of the molecule is C=C1C=C(c2ccc(C)cc2)c2ccccc2N1C.CNC=O. The van der Waals surface area contributed by atoms with Gasteiger partial charge in [0.2, 0.25) is 6.41 Å². The maximum Gasteiger partial charge on any atom is 0.206 e. The van der Waals surface area contributed by atoms with Gasteiger partial charge in [-0.15, -0.1) is 0 Å². The number of likely N-dealkylation sites (N-methyl/N-ethyl adjacent to an activating group) is 1. The lowest BCUT2D eigenvalue weighted by molar-refractivity contribution is -0.109. The lowest BCUT2D eigenvalue weighted by atomic mass is 9.92. The molecule has 1 aliphatic rings. The van der Waals surface area contributed by atoms with Gasteiger partial charge >= 0.3 is 0 Å². The van der Waals surface area contributed by atoms with Crippen molar-refractivity contribution in [2.75, 3.05) is 19.0 Å². The topological polar surface area (TPSA) is 32.3 Å². The normalized spacial score (nSPS) is 12.6. The summed E-state index contributed by atoms with van der Waals surface area (Å²) in [5, 5.41) is 2.25. The van der Waals surface area contributed by atoms with Gasteiger partial charge in [-0.1, -0.05) is 54.6 Å². The number of benzene rings is 2. The first kappa shape index (κ1) is 16.6. The Morgan fingerprint density at radius 2 is 1.70 bits per heavy atom. The lowest BCUT2D eigenvalue weighted by Gasteiger charge is -2.29. The van der Waals surface area contributed by atoms with Gasteiger partial charge in [-0.25, -0.2) is 0 Å². The molecule has 118 valence electrons. The van der Waals surface area contributed by atoms with E-state index in [1.165, 1.54) is 28.0 Å². The van der Waals surface area contributed by atoms with Crippen molar-refractivity contribution >= 4 is 17.7 Å². The predicted octanol–water partition coefficient (Wildman–Crippen LogP) is 3.75. The smallest absolute Gasteiger partial charge is 0.206 e. The van der Waals surface area contributed by atoms with Crippen molar-refractivity contribution in [3.8, 4) is 0 Å². The number of aryl methyl sites for hydroxylation is 1. The van der Waals surface area contributed by atoms with Gasteiger partial charge in [-0.05, 0) is 30.2 Å². The second-order valence-corrected chi connectivity index (χ2v) is 5.40. The van der Waals surface area contributed by atoms with Gasteiger partial charge in [-0.3, -0.25) is 4.79 Å². The average Bonchev–Trinajstić information content (AvgIpc) is 2.59. The van der Waals surface area contributed by atoms with Crippen LogP contribution in [0.1, 0.15) is 16.7 Å². The van der Waals surface area contributed by atoms with Crippen molar-refractivity contribution in [1.29, 1.82) is 0 Å². The summed E-state index contributed by atoms with van der Waals surface area (Å²) in [6.07, 6.45) is 2.78. The van der Waals surface area contributed by atoms with Crippen molar-refractivity contribution in [2.24, 2.45) is 0 Å². The van der Waals surface area contributed by atoms with Crippen LogP contribution in [0.3, 0.4) is 0 Å².